The zero-order valence-electron chi connectivity index (χ0n) is 23.5. The summed E-state index contributed by atoms with van der Waals surface area (Å²) in [5, 5.41) is 34.6. The number of rotatable bonds is 10. The van der Waals surface area contributed by atoms with Crippen molar-refractivity contribution >= 4 is 29.4 Å². The van der Waals surface area contributed by atoms with Crippen LogP contribution in [0.3, 0.4) is 0 Å². The number of Topliss-reactive ketones (excluding diaryl/α,β-unsaturated/α-hetero) is 1. The second-order valence-electron chi connectivity index (χ2n) is 12.5. The fourth-order valence-electron chi connectivity index (χ4n) is 8.37. The number of carbonyl (C=O) groups is 5. The molecule has 0 saturated heterocycles. The number of nitrogens with one attached hydrogen (secondary N) is 1. The number of ether oxygens (including phenoxy) is 1. The van der Waals surface area contributed by atoms with E-state index in [-0.39, 0.29) is 68.1 Å². The average Bonchev–Trinajstić information content (AvgIpc) is 3.08. The van der Waals surface area contributed by atoms with Gasteiger partial charge >= 0.3 is 11.9 Å². The third-order valence-corrected chi connectivity index (χ3v) is 10.3. The van der Waals surface area contributed by atoms with Crippen molar-refractivity contribution in [2.45, 2.75) is 83.8 Å². The molecule has 0 heterocycles. The number of hydrogen-bond acceptors (Lipinski definition) is 8. The lowest BCUT2D eigenvalue weighted by Crippen LogP contribution is -2.62. The minimum absolute atomic E-state index is 0.0100. The molecule has 1 amide bonds. The van der Waals surface area contributed by atoms with E-state index in [1.807, 2.05) is 19.9 Å². The molecule has 8 atom stereocenters. The second kappa shape index (κ2) is 11.2. The minimum Gasteiger partial charge on any atom is -0.481 e. The standard InChI is InChI=1S/C30H41NO9/c1-17-13-21-20-8-7-18-14-19(32)9-11-28(18,2)27(20)22(33)15-29(21,3)30(17,39)23(34)16-40-26(38)10-12-31-24(35)5-4-6-25(36)37/h9,11,14,17,20-22,27,33,39H,4-8,10,12-13,15-16H2,1-3H3,(H,31,35)(H,36,37)/t17-,20?,21?,22?,27?,28?,29?,30+/m1/s1. The van der Waals surface area contributed by atoms with E-state index in [2.05, 4.69) is 12.2 Å². The molecule has 0 bridgehead atoms. The average molecular weight is 560 g/mol. The maximum absolute atomic E-state index is 13.5. The van der Waals surface area contributed by atoms with Crippen LogP contribution in [0.4, 0.5) is 0 Å². The number of aliphatic hydroxyl groups excluding tert-OH is 1. The van der Waals surface area contributed by atoms with Gasteiger partial charge in [-0.05, 0) is 62.0 Å². The molecule has 3 fully saturated rings. The Morgan fingerprint density at radius 2 is 1.88 bits per heavy atom. The van der Waals surface area contributed by atoms with Crippen LogP contribution in [-0.4, -0.2) is 69.6 Å². The molecule has 4 aliphatic carbocycles. The first-order valence-corrected chi connectivity index (χ1v) is 14.3. The molecule has 10 heteroatoms. The molecule has 0 aromatic rings. The predicted octanol–water partition coefficient (Wildman–Crippen LogP) is 2.12. The summed E-state index contributed by atoms with van der Waals surface area (Å²) in [7, 11) is 0. The quantitative estimate of drug-likeness (QED) is 0.293. The van der Waals surface area contributed by atoms with Crippen molar-refractivity contribution in [3.05, 3.63) is 23.8 Å². The monoisotopic (exact) mass is 559 g/mol. The number of carboxylic acid groups (broad SMARTS) is 1. The zero-order chi connectivity index (χ0) is 29.5. The topological polar surface area (TPSA) is 167 Å². The Labute approximate surface area is 234 Å². The Hall–Kier alpha value is -2.85. The molecule has 0 spiro atoms. The van der Waals surface area contributed by atoms with E-state index in [1.54, 1.807) is 12.2 Å². The summed E-state index contributed by atoms with van der Waals surface area (Å²) >= 11 is 0. The number of hydrogen-bond donors (Lipinski definition) is 4. The van der Waals surface area contributed by atoms with E-state index < -0.39 is 52.8 Å². The number of allylic oxidation sites excluding steroid dienone is 4. The number of fused-ring (bicyclic) bond motifs is 5. The van der Waals surface area contributed by atoms with Crippen molar-refractivity contribution < 1.29 is 44.0 Å². The third kappa shape index (κ3) is 5.16. The van der Waals surface area contributed by atoms with Gasteiger partial charge in [-0.15, -0.1) is 0 Å². The number of carbonyl (C=O) groups excluding carboxylic acids is 4. The van der Waals surface area contributed by atoms with Crippen molar-refractivity contribution in [1.29, 1.82) is 0 Å². The Balaban J connectivity index is 1.38. The van der Waals surface area contributed by atoms with Gasteiger partial charge in [-0.3, -0.25) is 24.0 Å². The van der Waals surface area contributed by atoms with E-state index in [4.69, 9.17) is 9.84 Å². The summed E-state index contributed by atoms with van der Waals surface area (Å²) in [6, 6.07) is 0. The molecule has 3 saturated carbocycles. The highest BCUT2D eigenvalue weighted by Gasteiger charge is 2.70. The van der Waals surface area contributed by atoms with Gasteiger partial charge in [-0.25, -0.2) is 0 Å². The van der Waals surface area contributed by atoms with E-state index in [1.165, 1.54) is 0 Å². The van der Waals surface area contributed by atoms with Gasteiger partial charge in [-0.2, -0.15) is 0 Å². The number of amides is 1. The minimum atomic E-state index is -1.78. The third-order valence-electron chi connectivity index (χ3n) is 10.3. The van der Waals surface area contributed by atoms with E-state index >= 15 is 0 Å². The molecular formula is C30H41NO9. The highest BCUT2D eigenvalue weighted by atomic mass is 16.5. The van der Waals surface area contributed by atoms with E-state index in [0.717, 1.165) is 18.4 Å². The van der Waals surface area contributed by atoms with Gasteiger partial charge in [0.1, 0.15) is 5.60 Å². The summed E-state index contributed by atoms with van der Waals surface area (Å²) in [5.74, 6) is -3.19. The first-order valence-electron chi connectivity index (χ1n) is 14.3. The maximum atomic E-state index is 13.5. The van der Waals surface area contributed by atoms with Gasteiger partial charge in [0, 0.05) is 36.1 Å². The Bertz CT molecular complexity index is 1140. The lowest BCUT2D eigenvalue weighted by molar-refractivity contribution is -0.186. The maximum Gasteiger partial charge on any atom is 0.308 e. The van der Waals surface area contributed by atoms with Crippen LogP contribution in [0.5, 0.6) is 0 Å². The largest absolute Gasteiger partial charge is 0.481 e. The van der Waals surface area contributed by atoms with Gasteiger partial charge < -0.3 is 25.4 Å². The molecule has 40 heavy (non-hydrogen) atoms. The van der Waals surface area contributed by atoms with E-state index in [0.29, 0.717) is 6.42 Å². The lowest BCUT2D eigenvalue weighted by Gasteiger charge is -2.59. The van der Waals surface area contributed by atoms with Crippen LogP contribution >= 0.6 is 0 Å². The number of ketones is 2. The van der Waals surface area contributed by atoms with Gasteiger partial charge in [-0.1, -0.05) is 32.4 Å². The second-order valence-corrected chi connectivity index (χ2v) is 12.5. The Morgan fingerprint density at radius 1 is 1.15 bits per heavy atom. The molecule has 6 unspecified atom stereocenters. The van der Waals surface area contributed by atoms with Crippen LogP contribution in [0.1, 0.15) is 72.1 Å². The summed E-state index contributed by atoms with van der Waals surface area (Å²) in [6.45, 7) is 5.16. The zero-order valence-corrected chi connectivity index (χ0v) is 23.5. The molecule has 4 rings (SSSR count). The van der Waals surface area contributed by atoms with Crippen molar-refractivity contribution in [3.8, 4) is 0 Å². The number of esters is 1. The molecule has 4 N–H and O–H groups in total. The van der Waals surface area contributed by atoms with Crippen molar-refractivity contribution in [1.82, 2.24) is 5.32 Å². The predicted molar refractivity (Wildman–Crippen MR) is 143 cm³/mol. The highest BCUT2D eigenvalue weighted by molar-refractivity contribution is 6.01. The van der Waals surface area contributed by atoms with Crippen LogP contribution in [0.15, 0.2) is 23.8 Å². The lowest BCUT2D eigenvalue weighted by atomic mass is 9.46. The van der Waals surface area contributed by atoms with Crippen molar-refractivity contribution in [2.75, 3.05) is 13.2 Å². The molecular weight excluding hydrogens is 518 g/mol. The molecule has 0 radical (unpaired) electrons. The number of aliphatic carboxylic acids is 1. The first-order chi connectivity index (χ1) is 18.7. The smallest absolute Gasteiger partial charge is 0.308 e. The molecule has 0 aromatic carbocycles. The molecule has 220 valence electrons. The summed E-state index contributed by atoms with van der Waals surface area (Å²) in [6.07, 6.45) is 6.64. The summed E-state index contributed by atoms with van der Waals surface area (Å²) in [4.78, 5) is 60.1. The normalized spacial score (nSPS) is 38.0. The van der Waals surface area contributed by atoms with Gasteiger partial charge in [0.05, 0.1) is 12.5 Å². The highest BCUT2D eigenvalue weighted by Crippen LogP contribution is 2.68. The van der Waals surface area contributed by atoms with Crippen molar-refractivity contribution in [3.63, 3.8) is 0 Å². The fraction of sp³-hybridized carbons (Fsp3) is 0.700. The summed E-state index contributed by atoms with van der Waals surface area (Å²) in [5.41, 5.74) is -2.11. The Morgan fingerprint density at radius 3 is 2.58 bits per heavy atom. The molecule has 10 nitrogen and oxygen atoms in total. The first kappa shape index (κ1) is 30.1. The van der Waals surface area contributed by atoms with Crippen LogP contribution < -0.4 is 5.32 Å². The number of aliphatic hydroxyl groups is 2. The van der Waals surface area contributed by atoms with Crippen LogP contribution in [0, 0.1) is 34.5 Å². The number of carboxylic acids is 1. The van der Waals surface area contributed by atoms with E-state index in [9.17, 15) is 34.2 Å². The molecule has 4 aliphatic rings. The van der Waals surface area contributed by atoms with Crippen LogP contribution in [0.25, 0.3) is 0 Å². The van der Waals surface area contributed by atoms with Crippen LogP contribution in [0.2, 0.25) is 0 Å². The van der Waals surface area contributed by atoms with Gasteiger partial charge in [0.15, 0.2) is 12.4 Å². The SMILES string of the molecule is C[C@@H]1CC2C3CCC4=CC(=O)C=CC4(C)C3C(O)CC2(C)[C@@]1(O)C(=O)COC(=O)CCNC(=O)CCCC(=O)O. The fourth-order valence-corrected chi connectivity index (χ4v) is 8.37. The van der Waals surface area contributed by atoms with Crippen LogP contribution in [-0.2, 0) is 28.7 Å². The Kier molecular flexibility index (Phi) is 8.43. The van der Waals surface area contributed by atoms with Crippen molar-refractivity contribution in [2.24, 2.45) is 34.5 Å². The molecule has 0 aliphatic heterocycles. The van der Waals surface area contributed by atoms with Gasteiger partial charge in [0.2, 0.25) is 11.7 Å². The summed E-state index contributed by atoms with van der Waals surface area (Å²) < 4.78 is 5.19. The van der Waals surface area contributed by atoms with Gasteiger partial charge in [0.25, 0.3) is 0 Å². The molecule has 0 aromatic heterocycles.